The Bertz CT molecular complexity index is 333. The zero-order valence-electron chi connectivity index (χ0n) is 9.54. The number of nitrogens with zero attached hydrogens (tertiary/aromatic N) is 3. The molecule has 0 N–H and O–H groups in total. The van der Waals surface area contributed by atoms with Crippen molar-refractivity contribution in [3.8, 4) is 0 Å². The summed E-state index contributed by atoms with van der Waals surface area (Å²) in [6.45, 7) is 8.94. The lowest BCUT2D eigenvalue weighted by Crippen LogP contribution is -2.44. The van der Waals surface area contributed by atoms with Crippen molar-refractivity contribution in [3.05, 3.63) is 17.7 Å². The van der Waals surface area contributed by atoms with Gasteiger partial charge in [-0.3, -0.25) is 4.90 Å². The minimum Gasteiger partial charge on any atom is -0.337 e. The fraction of sp³-hybridized carbons (Fsp3) is 0.727. The van der Waals surface area contributed by atoms with Crippen LogP contribution in [0.4, 0.5) is 0 Å². The number of fused-ring (bicyclic) bond motifs is 1. The van der Waals surface area contributed by atoms with Crippen molar-refractivity contribution in [2.45, 2.75) is 39.3 Å². The van der Waals surface area contributed by atoms with Crippen molar-refractivity contribution >= 4 is 0 Å². The van der Waals surface area contributed by atoms with Crippen molar-refractivity contribution in [3.63, 3.8) is 0 Å². The Morgan fingerprint density at radius 1 is 1.36 bits per heavy atom. The highest BCUT2D eigenvalue weighted by molar-refractivity contribution is 5.16. The van der Waals surface area contributed by atoms with Crippen molar-refractivity contribution in [2.75, 3.05) is 6.54 Å². The first-order valence-electron chi connectivity index (χ1n) is 5.22. The quantitative estimate of drug-likeness (QED) is 0.623. The van der Waals surface area contributed by atoms with Crippen molar-refractivity contribution in [2.24, 2.45) is 7.05 Å². The molecule has 0 unspecified atom stereocenters. The molecule has 2 rings (SSSR count). The highest BCUT2D eigenvalue weighted by Gasteiger charge is 2.27. The van der Waals surface area contributed by atoms with E-state index in [1.54, 1.807) is 0 Å². The smallest absolute Gasteiger partial charge is 0.0949 e. The molecular formula is C11H19N3. The topological polar surface area (TPSA) is 21.1 Å². The van der Waals surface area contributed by atoms with Crippen LogP contribution in [0.1, 0.15) is 32.2 Å². The van der Waals surface area contributed by atoms with Crippen LogP contribution in [-0.2, 0) is 20.0 Å². The molecule has 2 heterocycles. The van der Waals surface area contributed by atoms with Crippen molar-refractivity contribution in [1.82, 2.24) is 14.5 Å². The standard InChI is InChI=1S/C11H19N3/c1-11(2,3)14-6-5-10-9(7-14)12-8-13(10)4/h8H,5-7H2,1-4H3. The van der Waals surface area contributed by atoms with Gasteiger partial charge in [0, 0.05) is 37.8 Å². The summed E-state index contributed by atoms with van der Waals surface area (Å²) >= 11 is 0. The summed E-state index contributed by atoms with van der Waals surface area (Å²) in [4.78, 5) is 6.93. The van der Waals surface area contributed by atoms with Gasteiger partial charge in [-0.25, -0.2) is 4.98 Å². The van der Waals surface area contributed by atoms with Crippen LogP contribution in [0.2, 0.25) is 0 Å². The summed E-state index contributed by atoms with van der Waals surface area (Å²) in [7, 11) is 2.08. The summed E-state index contributed by atoms with van der Waals surface area (Å²) in [6, 6.07) is 0. The predicted molar refractivity (Wildman–Crippen MR) is 57.1 cm³/mol. The van der Waals surface area contributed by atoms with E-state index in [0.29, 0.717) is 0 Å². The van der Waals surface area contributed by atoms with Crippen LogP contribution in [0.3, 0.4) is 0 Å². The molecule has 3 nitrogen and oxygen atoms in total. The Balaban J connectivity index is 2.22. The number of hydrogen-bond donors (Lipinski definition) is 0. The molecule has 0 fully saturated rings. The van der Waals surface area contributed by atoms with Crippen LogP contribution in [-0.4, -0.2) is 26.5 Å². The second-order valence-electron chi connectivity index (χ2n) is 5.09. The summed E-state index contributed by atoms with van der Waals surface area (Å²) in [5, 5.41) is 0. The molecule has 0 amide bonds. The van der Waals surface area contributed by atoms with Gasteiger partial charge >= 0.3 is 0 Å². The number of aryl methyl sites for hydroxylation is 1. The maximum atomic E-state index is 4.44. The summed E-state index contributed by atoms with van der Waals surface area (Å²) in [5.41, 5.74) is 2.93. The first-order valence-corrected chi connectivity index (χ1v) is 5.22. The van der Waals surface area contributed by atoms with Gasteiger partial charge < -0.3 is 4.57 Å². The van der Waals surface area contributed by atoms with Crippen LogP contribution >= 0.6 is 0 Å². The van der Waals surface area contributed by atoms with Crippen LogP contribution in [0.25, 0.3) is 0 Å². The van der Waals surface area contributed by atoms with E-state index in [4.69, 9.17) is 0 Å². The van der Waals surface area contributed by atoms with Gasteiger partial charge in [-0.15, -0.1) is 0 Å². The minimum atomic E-state index is 0.259. The predicted octanol–water partition coefficient (Wildman–Crippen LogP) is 1.58. The van der Waals surface area contributed by atoms with E-state index in [1.165, 1.54) is 11.4 Å². The molecule has 0 bridgehead atoms. The highest BCUT2D eigenvalue weighted by atomic mass is 15.2. The van der Waals surface area contributed by atoms with Gasteiger partial charge in [-0.2, -0.15) is 0 Å². The molecule has 78 valence electrons. The Morgan fingerprint density at radius 3 is 2.71 bits per heavy atom. The number of hydrogen-bond acceptors (Lipinski definition) is 2. The van der Waals surface area contributed by atoms with Crippen LogP contribution in [0, 0.1) is 0 Å². The molecule has 3 heteroatoms. The third-order valence-corrected chi connectivity index (χ3v) is 3.05. The van der Waals surface area contributed by atoms with Gasteiger partial charge in [0.25, 0.3) is 0 Å². The molecule has 1 aliphatic heterocycles. The van der Waals surface area contributed by atoms with E-state index in [-0.39, 0.29) is 5.54 Å². The molecule has 0 radical (unpaired) electrons. The van der Waals surface area contributed by atoms with E-state index in [1.807, 2.05) is 6.33 Å². The van der Waals surface area contributed by atoms with Gasteiger partial charge in [-0.05, 0) is 20.8 Å². The Hall–Kier alpha value is -0.830. The second-order valence-corrected chi connectivity index (χ2v) is 5.09. The SMILES string of the molecule is Cn1cnc2c1CCN(C(C)(C)C)C2. The zero-order valence-corrected chi connectivity index (χ0v) is 9.54. The highest BCUT2D eigenvalue weighted by Crippen LogP contribution is 2.23. The van der Waals surface area contributed by atoms with E-state index >= 15 is 0 Å². The van der Waals surface area contributed by atoms with E-state index in [9.17, 15) is 0 Å². The average Bonchev–Trinajstić information content (AvgIpc) is 2.46. The van der Waals surface area contributed by atoms with E-state index < -0.39 is 0 Å². The number of aromatic nitrogens is 2. The third kappa shape index (κ3) is 1.57. The van der Waals surface area contributed by atoms with E-state index in [0.717, 1.165) is 19.5 Å². The van der Waals surface area contributed by atoms with Gasteiger partial charge in [0.1, 0.15) is 0 Å². The summed E-state index contributed by atoms with van der Waals surface area (Å²) in [6.07, 6.45) is 3.06. The van der Waals surface area contributed by atoms with Crippen LogP contribution in [0.5, 0.6) is 0 Å². The van der Waals surface area contributed by atoms with Gasteiger partial charge in [0.2, 0.25) is 0 Å². The lowest BCUT2D eigenvalue weighted by molar-refractivity contribution is 0.118. The molecule has 0 saturated carbocycles. The molecule has 1 aromatic rings. The maximum Gasteiger partial charge on any atom is 0.0949 e. The molecule has 0 spiro atoms. The molecule has 1 aromatic heterocycles. The fourth-order valence-electron chi connectivity index (χ4n) is 2.03. The number of imidazole rings is 1. The van der Waals surface area contributed by atoms with Gasteiger partial charge in [0.15, 0.2) is 0 Å². The average molecular weight is 193 g/mol. The monoisotopic (exact) mass is 193 g/mol. The molecule has 0 aliphatic carbocycles. The lowest BCUT2D eigenvalue weighted by Gasteiger charge is -2.37. The fourth-order valence-corrected chi connectivity index (χ4v) is 2.03. The minimum absolute atomic E-state index is 0.259. The molecular weight excluding hydrogens is 174 g/mol. The molecule has 0 atom stereocenters. The Labute approximate surface area is 85.7 Å². The number of rotatable bonds is 0. The van der Waals surface area contributed by atoms with Gasteiger partial charge in [-0.1, -0.05) is 0 Å². The first-order chi connectivity index (χ1) is 6.48. The van der Waals surface area contributed by atoms with Crippen molar-refractivity contribution in [1.29, 1.82) is 0 Å². The Morgan fingerprint density at radius 2 is 2.07 bits per heavy atom. The van der Waals surface area contributed by atoms with E-state index in [2.05, 4.69) is 42.3 Å². The third-order valence-electron chi connectivity index (χ3n) is 3.05. The van der Waals surface area contributed by atoms with Gasteiger partial charge in [0.05, 0.1) is 12.0 Å². The lowest BCUT2D eigenvalue weighted by atomic mass is 10.0. The largest absolute Gasteiger partial charge is 0.337 e. The molecule has 14 heavy (non-hydrogen) atoms. The van der Waals surface area contributed by atoms with Crippen molar-refractivity contribution < 1.29 is 0 Å². The molecule has 1 aliphatic rings. The van der Waals surface area contributed by atoms with Crippen LogP contribution < -0.4 is 0 Å². The summed E-state index contributed by atoms with van der Waals surface area (Å²) < 4.78 is 2.15. The summed E-state index contributed by atoms with van der Waals surface area (Å²) in [5.74, 6) is 0. The normalized spacial score (nSPS) is 18.3. The maximum absolute atomic E-state index is 4.44. The Kier molecular flexibility index (Phi) is 2.14. The second kappa shape index (κ2) is 3.09. The molecule has 0 saturated heterocycles. The first kappa shape index (κ1) is 9.71. The molecule has 0 aromatic carbocycles. The van der Waals surface area contributed by atoms with Crippen LogP contribution in [0.15, 0.2) is 6.33 Å². The zero-order chi connectivity index (χ0) is 10.3.